The van der Waals surface area contributed by atoms with Gasteiger partial charge in [-0.15, -0.1) is 0 Å². The van der Waals surface area contributed by atoms with Crippen LogP contribution >= 0.6 is 11.7 Å². The second kappa shape index (κ2) is 3.59. The summed E-state index contributed by atoms with van der Waals surface area (Å²) in [5.41, 5.74) is 2.20. The number of anilines is 1. The first-order valence-corrected chi connectivity index (χ1v) is 4.74. The smallest absolute Gasteiger partial charge is 0.319 e. The Hall–Kier alpha value is -1.69. The number of nitrogens with zero attached hydrogens (tertiary/aromatic N) is 2. The zero-order valence-electron chi connectivity index (χ0n) is 7.44. The summed E-state index contributed by atoms with van der Waals surface area (Å²) >= 11 is 1.13. The van der Waals surface area contributed by atoms with E-state index in [1.807, 2.05) is 12.1 Å². The van der Waals surface area contributed by atoms with Gasteiger partial charge in [-0.25, -0.2) is 4.79 Å². The molecule has 0 spiro atoms. The highest BCUT2D eigenvalue weighted by Gasteiger charge is 2.06. The van der Waals surface area contributed by atoms with Crippen LogP contribution in [0.2, 0.25) is 0 Å². The van der Waals surface area contributed by atoms with Gasteiger partial charge in [0, 0.05) is 7.05 Å². The quantitative estimate of drug-likeness (QED) is 0.745. The molecule has 2 aromatic rings. The lowest BCUT2D eigenvalue weighted by atomic mass is 10.2. The minimum absolute atomic E-state index is 0.259. The van der Waals surface area contributed by atoms with E-state index in [9.17, 15) is 4.79 Å². The molecule has 0 saturated heterocycles. The van der Waals surface area contributed by atoms with Gasteiger partial charge >= 0.3 is 6.03 Å². The molecule has 72 valence electrons. The normalized spacial score (nSPS) is 10.1. The van der Waals surface area contributed by atoms with Crippen LogP contribution in [0.4, 0.5) is 10.5 Å². The SMILES string of the molecule is CNC(=O)Nc1cccc2nsnc12. The van der Waals surface area contributed by atoms with Crippen molar-refractivity contribution < 1.29 is 4.79 Å². The van der Waals surface area contributed by atoms with Gasteiger partial charge in [-0.3, -0.25) is 0 Å². The number of nitrogens with one attached hydrogen (secondary N) is 2. The number of benzene rings is 1. The summed E-state index contributed by atoms with van der Waals surface area (Å²) in [6.45, 7) is 0. The molecule has 0 unspecified atom stereocenters. The Bertz CT molecular complexity index is 467. The Kier molecular flexibility index (Phi) is 2.28. The first-order chi connectivity index (χ1) is 6.81. The van der Waals surface area contributed by atoms with Crippen LogP contribution in [0.15, 0.2) is 18.2 Å². The standard InChI is InChI=1S/C8H8N4OS/c1-9-8(13)10-5-3-2-4-6-7(5)12-14-11-6/h2-4H,1H3,(H2,9,10,13). The Morgan fingerprint density at radius 3 is 3.07 bits per heavy atom. The van der Waals surface area contributed by atoms with Crippen molar-refractivity contribution in [2.45, 2.75) is 0 Å². The van der Waals surface area contributed by atoms with Crippen molar-refractivity contribution >= 4 is 34.5 Å². The van der Waals surface area contributed by atoms with Crippen LogP contribution in [0.5, 0.6) is 0 Å². The third kappa shape index (κ3) is 1.51. The van der Waals surface area contributed by atoms with Crippen LogP contribution in [0.1, 0.15) is 0 Å². The van der Waals surface area contributed by atoms with Crippen LogP contribution in [-0.2, 0) is 0 Å². The van der Waals surface area contributed by atoms with Crippen LogP contribution in [0, 0.1) is 0 Å². The topological polar surface area (TPSA) is 66.9 Å². The molecule has 6 heteroatoms. The first kappa shape index (κ1) is 8.89. The summed E-state index contributed by atoms with van der Waals surface area (Å²) in [6.07, 6.45) is 0. The fourth-order valence-electron chi connectivity index (χ4n) is 1.09. The maximum Gasteiger partial charge on any atom is 0.319 e. The molecular formula is C8H8N4OS. The number of amides is 2. The molecule has 0 atom stereocenters. The maximum absolute atomic E-state index is 11.1. The van der Waals surface area contributed by atoms with Crippen molar-refractivity contribution in [2.24, 2.45) is 0 Å². The number of fused-ring (bicyclic) bond motifs is 1. The molecule has 1 aromatic carbocycles. The average Bonchev–Trinajstić information content (AvgIpc) is 2.66. The monoisotopic (exact) mass is 208 g/mol. The van der Waals surface area contributed by atoms with Crippen LogP contribution in [0.3, 0.4) is 0 Å². The molecule has 0 aliphatic rings. The molecule has 0 fully saturated rings. The summed E-state index contributed by atoms with van der Waals surface area (Å²) in [5, 5.41) is 5.15. The number of rotatable bonds is 1. The summed E-state index contributed by atoms with van der Waals surface area (Å²) in [6, 6.07) is 5.22. The second-order valence-corrected chi connectivity index (χ2v) is 3.17. The number of urea groups is 1. The number of hydrogen-bond acceptors (Lipinski definition) is 4. The molecular weight excluding hydrogens is 200 g/mol. The minimum atomic E-state index is -0.259. The lowest BCUT2D eigenvalue weighted by molar-refractivity contribution is 0.254. The molecule has 0 bridgehead atoms. The maximum atomic E-state index is 11.1. The Labute approximate surface area is 84.5 Å². The van der Waals surface area contributed by atoms with Gasteiger partial charge in [0.25, 0.3) is 0 Å². The van der Waals surface area contributed by atoms with Crippen LogP contribution in [-0.4, -0.2) is 21.8 Å². The number of carbonyl (C=O) groups is 1. The van der Waals surface area contributed by atoms with Gasteiger partial charge in [0.1, 0.15) is 11.0 Å². The van der Waals surface area contributed by atoms with E-state index in [0.717, 1.165) is 22.8 Å². The third-order valence-corrected chi connectivity index (χ3v) is 2.30. The van der Waals surface area contributed by atoms with Crippen molar-refractivity contribution in [3.63, 3.8) is 0 Å². The van der Waals surface area contributed by atoms with E-state index in [0.29, 0.717) is 5.69 Å². The van der Waals surface area contributed by atoms with E-state index in [-0.39, 0.29) is 6.03 Å². The Balaban J connectivity index is 2.41. The van der Waals surface area contributed by atoms with Crippen molar-refractivity contribution in [2.75, 3.05) is 12.4 Å². The van der Waals surface area contributed by atoms with Crippen molar-refractivity contribution in [3.8, 4) is 0 Å². The predicted octanol–water partition coefficient (Wildman–Crippen LogP) is 1.44. The van der Waals surface area contributed by atoms with Crippen LogP contribution < -0.4 is 10.6 Å². The summed E-state index contributed by atoms with van der Waals surface area (Å²) in [7, 11) is 1.56. The molecule has 2 amide bonds. The molecule has 0 aliphatic carbocycles. The van der Waals surface area contributed by atoms with Crippen molar-refractivity contribution in [1.29, 1.82) is 0 Å². The molecule has 2 rings (SSSR count). The largest absolute Gasteiger partial charge is 0.341 e. The number of hydrogen-bond donors (Lipinski definition) is 2. The Morgan fingerprint density at radius 2 is 2.29 bits per heavy atom. The zero-order chi connectivity index (χ0) is 9.97. The molecule has 1 aromatic heterocycles. The van der Waals surface area contributed by atoms with Crippen molar-refractivity contribution in [1.82, 2.24) is 14.1 Å². The molecule has 0 radical (unpaired) electrons. The Morgan fingerprint density at radius 1 is 1.43 bits per heavy atom. The molecule has 5 nitrogen and oxygen atoms in total. The minimum Gasteiger partial charge on any atom is -0.341 e. The number of carbonyl (C=O) groups excluding carboxylic acids is 1. The summed E-state index contributed by atoms with van der Waals surface area (Å²) in [5.74, 6) is 0. The molecule has 1 heterocycles. The van der Waals surface area contributed by atoms with Gasteiger partial charge in [-0.05, 0) is 12.1 Å². The lowest BCUT2D eigenvalue weighted by Crippen LogP contribution is -2.24. The average molecular weight is 208 g/mol. The van der Waals surface area contributed by atoms with Gasteiger partial charge in [-0.1, -0.05) is 6.07 Å². The van der Waals surface area contributed by atoms with Crippen LogP contribution in [0.25, 0.3) is 11.0 Å². The predicted molar refractivity (Wildman–Crippen MR) is 55.5 cm³/mol. The fraction of sp³-hybridized carbons (Fsp3) is 0.125. The first-order valence-electron chi connectivity index (χ1n) is 4.01. The number of aromatic nitrogens is 2. The van der Waals surface area contributed by atoms with E-state index in [2.05, 4.69) is 19.4 Å². The highest BCUT2D eigenvalue weighted by atomic mass is 32.1. The molecule has 2 N–H and O–H groups in total. The van der Waals surface area contributed by atoms with E-state index in [1.54, 1.807) is 13.1 Å². The fourth-order valence-corrected chi connectivity index (χ4v) is 1.64. The van der Waals surface area contributed by atoms with Gasteiger partial charge in [0.2, 0.25) is 0 Å². The third-order valence-electron chi connectivity index (χ3n) is 1.76. The summed E-state index contributed by atoms with van der Waals surface area (Å²) in [4.78, 5) is 11.1. The molecule has 0 saturated carbocycles. The van der Waals surface area contributed by atoms with E-state index in [1.165, 1.54) is 0 Å². The lowest BCUT2D eigenvalue weighted by Gasteiger charge is -2.03. The van der Waals surface area contributed by atoms with Gasteiger partial charge in [0.05, 0.1) is 17.4 Å². The van der Waals surface area contributed by atoms with E-state index >= 15 is 0 Å². The molecule has 14 heavy (non-hydrogen) atoms. The van der Waals surface area contributed by atoms with Gasteiger partial charge in [-0.2, -0.15) is 8.75 Å². The molecule has 0 aliphatic heterocycles. The van der Waals surface area contributed by atoms with Gasteiger partial charge in [0.15, 0.2) is 0 Å². The highest BCUT2D eigenvalue weighted by molar-refractivity contribution is 7.00. The highest BCUT2D eigenvalue weighted by Crippen LogP contribution is 2.20. The zero-order valence-corrected chi connectivity index (χ0v) is 8.26. The van der Waals surface area contributed by atoms with E-state index < -0.39 is 0 Å². The van der Waals surface area contributed by atoms with Gasteiger partial charge < -0.3 is 10.6 Å². The summed E-state index contributed by atoms with van der Waals surface area (Å²) < 4.78 is 8.17. The van der Waals surface area contributed by atoms with Crippen molar-refractivity contribution in [3.05, 3.63) is 18.2 Å². The van der Waals surface area contributed by atoms with E-state index in [4.69, 9.17) is 0 Å². The second-order valence-electron chi connectivity index (χ2n) is 2.64.